The maximum atomic E-state index is 6.15. The fraction of sp³-hybridized carbons (Fsp3) is 0.812. The summed E-state index contributed by atoms with van der Waals surface area (Å²) in [7, 11) is 0. The minimum absolute atomic E-state index is 0.127. The van der Waals surface area contributed by atoms with Gasteiger partial charge >= 0.3 is 0 Å². The predicted octanol–water partition coefficient (Wildman–Crippen LogP) is 2.84. The molecular formula is C16H27N3OS. The Morgan fingerprint density at radius 1 is 1.48 bits per heavy atom. The number of aryl methyl sites for hydroxylation is 1. The molecule has 2 aliphatic rings. The normalized spacial score (nSPS) is 29.4. The molecule has 0 bridgehead atoms. The van der Waals surface area contributed by atoms with Gasteiger partial charge in [0.25, 0.3) is 0 Å². The lowest BCUT2D eigenvalue weighted by atomic mass is 9.90. The third-order valence-corrected chi connectivity index (χ3v) is 6.13. The summed E-state index contributed by atoms with van der Waals surface area (Å²) in [5.41, 5.74) is 4.01. The molecule has 0 amide bonds. The van der Waals surface area contributed by atoms with Crippen LogP contribution in [-0.4, -0.2) is 40.0 Å². The summed E-state index contributed by atoms with van der Waals surface area (Å²) in [4.78, 5) is 0. The molecule has 1 aromatic rings. The molecule has 0 saturated carbocycles. The highest BCUT2D eigenvalue weighted by molar-refractivity contribution is 7.99. The van der Waals surface area contributed by atoms with Gasteiger partial charge in [0.1, 0.15) is 0 Å². The van der Waals surface area contributed by atoms with Gasteiger partial charge in [0.05, 0.1) is 17.3 Å². The van der Waals surface area contributed by atoms with Gasteiger partial charge in [-0.2, -0.15) is 16.9 Å². The standard InChI is InChI=1S/C16H27N3OS/c1-4-17-10-15-12(2)18-19(13(15)3)14-5-7-20-16(9-14)6-8-21-11-16/h14,17H,4-11H2,1-3H3. The van der Waals surface area contributed by atoms with E-state index in [0.29, 0.717) is 6.04 Å². The highest BCUT2D eigenvalue weighted by Crippen LogP contribution is 2.42. The van der Waals surface area contributed by atoms with E-state index >= 15 is 0 Å². The fourth-order valence-corrected chi connectivity index (χ4v) is 5.01. The molecule has 3 heterocycles. The number of nitrogens with one attached hydrogen (secondary N) is 1. The lowest BCUT2D eigenvalue weighted by Gasteiger charge is -2.38. The van der Waals surface area contributed by atoms with Crippen molar-refractivity contribution in [2.75, 3.05) is 24.7 Å². The van der Waals surface area contributed by atoms with Gasteiger partial charge in [-0.15, -0.1) is 0 Å². The molecule has 3 rings (SSSR count). The van der Waals surface area contributed by atoms with E-state index in [9.17, 15) is 0 Å². The second-order valence-electron chi connectivity index (χ2n) is 6.35. The van der Waals surface area contributed by atoms with Gasteiger partial charge in [-0.1, -0.05) is 6.92 Å². The van der Waals surface area contributed by atoms with E-state index in [2.05, 4.69) is 30.8 Å². The second-order valence-corrected chi connectivity index (χ2v) is 7.46. The zero-order chi connectivity index (χ0) is 14.9. The first-order chi connectivity index (χ1) is 10.2. The quantitative estimate of drug-likeness (QED) is 0.928. The molecular weight excluding hydrogens is 282 g/mol. The molecule has 2 aliphatic heterocycles. The van der Waals surface area contributed by atoms with Crippen LogP contribution in [0.4, 0.5) is 0 Å². The van der Waals surface area contributed by atoms with Gasteiger partial charge in [0.2, 0.25) is 0 Å². The fourth-order valence-electron chi connectivity index (χ4n) is 3.63. The maximum Gasteiger partial charge on any atom is 0.0800 e. The molecule has 1 spiro atoms. The van der Waals surface area contributed by atoms with Crippen molar-refractivity contribution in [2.45, 2.75) is 58.2 Å². The number of hydrogen-bond acceptors (Lipinski definition) is 4. The summed E-state index contributed by atoms with van der Waals surface area (Å²) < 4.78 is 8.43. The average molecular weight is 309 g/mol. The van der Waals surface area contributed by atoms with Gasteiger partial charge in [-0.3, -0.25) is 4.68 Å². The van der Waals surface area contributed by atoms with Crippen molar-refractivity contribution in [1.82, 2.24) is 15.1 Å². The number of thioether (sulfide) groups is 1. The Bertz CT molecular complexity index is 494. The topological polar surface area (TPSA) is 39.1 Å². The van der Waals surface area contributed by atoms with Crippen molar-refractivity contribution < 1.29 is 4.74 Å². The van der Waals surface area contributed by atoms with Crippen molar-refractivity contribution >= 4 is 11.8 Å². The zero-order valence-corrected chi connectivity index (χ0v) is 14.3. The lowest BCUT2D eigenvalue weighted by Crippen LogP contribution is -2.41. The minimum Gasteiger partial charge on any atom is -0.374 e. The summed E-state index contributed by atoms with van der Waals surface area (Å²) in [6.07, 6.45) is 3.43. The number of ether oxygens (including phenoxy) is 1. The number of rotatable bonds is 4. The van der Waals surface area contributed by atoms with Crippen LogP contribution >= 0.6 is 11.8 Å². The SMILES string of the molecule is CCNCc1c(C)nn(C2CCOC3(CCSC3)C2)c1C. The van der Waals surface area contributed by atoms with E-state index in [1.54, 1.807) is 0 Å². The molecule has 21 heavy (non-hydrogen) atoms. The summed E-state index contributed by atoms with van der Waals surface area (Å²) in [6.45, 7) is 9.32. The van der Waals surface area contributed by atoms with Crippen LogP contribution < -0.4 is 5.32 Å². The molecule has 5 heteroatoms. The average Bonchev–Trinajstić information content (AvgIpc) is 3.03. The molecule has 2 fully saturated rings. The molecule has 0 aliphatic carbocycles. The van der Waals surface area contributed by atoms with E-state index in [1.165, 1.54) is 29.1 Å². The van der Waals surface area contributed by atoms with Gasteiger partial charge < -0.3 is 10.1 Å². The van der Waals surface area contributed by atoms with Crippen molar-refractivity contribution in [3.63, 3.8) is 0 Å². The molecule has 0 aromatic carbocycles. The Kier molecular flexibility index (Phi) is 4.62. The first-order valence-electron chi connectivity index (χ1n) is 8.12. The van der Waals surface area contributed by atoms with Crippen molar-refractivity contribution in [3.8, 4) is 0 Å². The Morgan fingerprint density at radius 3 is 3.05 bits per heavy atom. The van der Waals surface area contributed by atoms with Gasteiger partial charge in [0.15, 0.2) is 0 Å². The molecule has 4 nitrogen and oxygen atoms in total. The molecule has 1 N–H and O–H groups in total. The lowest BCUT2D eigenvalue weighted by molar-refractivity contribution is -0.0781. The summed E-state index contributed by atoms with van der Waals surface area (Å²) in [5.74, 6) is 2.41. The monoisotopic (exact) mass is 309 g/mol. The van der Waals surface area contributed by atoms with Gasteiger partial charge in [-0.05, 0) is 45.4 Å². The third-order valence-electron chi connectivity index (χ3n) is 4.91. The first-order valence-corrected chi connectivity index (χ1v) is 9.28. The number of aromatic nitrogens is 2. The summed E-state index contributed by atoms with van der Waals surface area (Å²) >= 11 is 2.04. The largest absolute Gasteiger partial charge is 0.374 e. The van der Waals surface area contributed by atoms with Crippen LogP contribution in [0.25, 0.3) is 0 Å². The Labute approximate surface area is 132 Å². The Morgan fingerprint density at radius 2 is 2.33 bits per heavy atom. The van der Waals surface area contributed by atoms with Crippen molar-refractivity contribution in [3.05, 3.63) is 17.0 Å². The third kappa shape index (κ3) is 3.01. The molecule has 1 aromatic heterocycles. The highest BCUT2D eigenvalue weighted by Gasteiger charge is 2.41. The summed E-state index contributed by atoms with van der Waals surface area (Å²) in [5, 5.41) is 8.29. The van der Waals surface area contributed by atoms with Crippen LogP contribution in [0.15, 0.2) is 0 Å². The smallest absolute Gasteiger partial charge is 0.0800 e. The highest BCUT2D eigenvalue weighted by atomic mass is 32.2. The van der Waals surface area contributed by atoms with Crippen molar-refractivity contribution in [2.24, 2.45) is 0 Å². The maximum absolute atomic E-state index is 6.15. The number of nitrogens with zero attached hydrogens (tertiary/aromatic N) is 2. The predicted molar refractivity (Wildman–Crippen MR) is 88.0 cm³/mol. The van der Waals surface area contributed by atoms with Crippen LogP contribution in [0, 0.1) is 13.8 Å². The Hall–Kier alpha value is -0.520. The van der Waals surface area contributed by atoms with Crippen LogP contribution in [0.5, 0.6) is 0 Å². The van der Waals surface area contributed by atoms with E-state index in [-0.39, 0.29) is 5.60 Å². The van der Waals surface area contributed by atoms with E-state index < -0.39 is 0 Å². The number of hydrogen-bond donors (Lipinski definition) is 1. The Balaban J connectivity index is 1.80. The summed E-state index contributed by atoms with van der Waals surface area (Å²) in [6, 6.07) is 0.506. The van der Waals surface area contributed by atoms with E-state index in [0.717, 1.165) is 38.3 Å². The molecule has 2 unspecified atom stereocenters. The van der Waals surface area contributed by atoms with Gasteiger partial charge in [0, 0.05) is 30.2 Å². The second kappa shape index (κ2) is 6.31. The molecule has 118 valence electrons. The van der Waals surface area contributed by atoms with Crippen LogP contribution in [0.1, 0.15) is 49.2 Å². The van der Waals surface area contributed by atoms with Crippen LogP contribution in [0.2, 0.25) is 0 Å². The van der Waals surface area contributed by atoms with E-state index in [4.69, 9.17) is 9.84 Å². The minimum atomic E-state index is 0.127. The molecule has 2 saturated heterocycles. The van der Waals surface area contributed by atoms with E-state index in [1.807, 2.05) is 11.8 Å². The van der Waals surface area contributed by atoms with Crippen LogP contribution in [0.3, 0.4) is 0 Å². The van der Waals surface area contributed by atoms with Gasteiger partial charge in [-0.25, -0.2) is 0 Å². The molecule has 0 radical (unpaired) electrons. The van der Waals surface area contributed by atoms with Crippen LogP contribution in [-0.2, 0) is 11.3 Å². The first kappa shape index (κ1) is 15.4. The van der Waals surface area contributed by atoms with Crippen molar-refractivity contribution in [1.29, 1.82) is 0 Å². The zero-order valence-electron chi connectivity index (χ0n) is 13.4. The molecule has 2 atom stereocenters.